The maximum atomic E-state index is 9.39. The van der Waals surface area contributed by atoms with Crippen molar-refractivity contribution in [2.45, 2.75) is 6.92 Å². The van der Waals surface area contributed by atoms with E-state index in [0.717, 1.165) is 22.6 Å². The maximum Gasteiger partial charge on any atom is 0.192 e. The van der Waals surface area contributed by atoms with Gasteiger partial charge in [0, 0.05) is 18.1 Å². The number of hydrogen-bond donors (Lipinski definition) is 1. The van der Waals surface area contributed by atoms with Crippen LogP contribution in [0.4, 0.5) is 0 Å². The quantitative estimate of drug-likeness (QED) is 0.787. The highest BCUT2D eigenvalue weighted by Gasteiger charge is 2.15. The molecule has 4 nitrogen and oxygen atoms in total. The summed E-state index contributed by atoms with van der Waals surface area (Å²) >= 11 is 0. The van der Waals surface area contributed by atoms with Crippen LogP contribution >= 0.6 is 0 Å². The summed E-state index contributed by atoms with van der Waals surface area (Å²) in [7, 11) is 1.64. The molecule has 0 saturated heterocycles. The number of rotatable bonds is 3. The fraction of sp³-hybridized carbons (Fsp3) is 0.118. The van der Waals surface area contributed by atoms with Crippen molar-refractivity contribution in [3.8, 4) is 34.1 Å². The molecule has 0 spiro atoms. The molecule has 0 atom stereocenters. The molecule has 1 heterocycles. The number of aryl methyl sites for hydroxylation is 1. The minimum atomic E-state index is 0.223. The van der Waals surface area contributed by atoms with E-state index in [9.17, 15) is 5.11 Å². The van der Waals surface area contributed by atoms with Crippen molar-refractivity contribution in [3.63, 3.8) is 0 Å². The van der Waals surface area contributed by atoms with E-state index in [0.29, 0.717) is 11.7 Å². The Bertz CT molecular complexity index is 743. The SMILES string of the molecule is COc1ccc(-c2nc(C)oc2-c2ccc(O)cc2)cc1. The minimum absolute atomic E-state index is 0.223. The average Bonchev–Trinajstić information content (AvgIpc) is 2.90. The first kappa shape index (κ1) is 13.2. The number of phenolic OH excluding ortho intramolecular Hbond substituents is 1. The third-order valence-electron chi connectivity index (χ3n) is 3.23. The number of oxazole rings is 1. The van der Waals surface area contributed by atoms with Crippen LogP contribution in [0.1, 0.15) is 5.89 Å². The summed E-state index contributed by atoms with van der Waals surface area (Å²) in [4.78, 5) is 4.47. The summed E-state index contributed by atoms with van der Waals surface area (Å²) in [6.45, 7) is 1.82. The molecule has 0 aliphatic carbocycles. The topological polar surface area (TPSA) is 55.5 Å². The van der Waals surface area contributed by atoms with E-state index < -0.39 is 0 Å². The van der Waals surface area contributed by atoms with E-state index >= 15 is 0 Å². The molecule has 0 saturated carbocycles. The van der Waals surface area contributed by atoms with Gasteiger partial charge in [0.2, 0.25) is 0 Å². The molecule has 0 fully saturated rings. The smallest absolute Gasteiger partial charge is 0.192 e. The Hall–Kier alpha value is -2.75. The zero-order valence-corrected chi connectivity index (χ0v) is 11.8. The Balaban J connectivity index is 2.08. The van der Waals surface area contributed by atoms with Crippen molar-refractivity contribution >= 4 is 0 Å². The van der Waals surface area contributed by atoms with Crippen LogP contribution < -0.4 is 4.74 Å². The molecule has 0 unspecified atom stereocenters. The van der Waals surface area contributed by atoms with Gasteiger partial charge in [-0.05, 0) is 48.5 Å². The van der Waals surface area contributed by atoms with E-state index in [4.69, 9.17) is 9.15 Å². The number of hydrogen-bond acceptors (Lipinski definition) is 4. The number of aromatic nitrogens is 1. The van der Waals surface area contributed by atoms with Crippen LogP contribution in [0, 0.1) is 6.92 Å². The Kier molecular flexibility index (Phi) is 3.36. The van der Waals surface area contributed by atoms with E-state index in [1.807, 2.05) is 43.3 Å². The summed E-state index contributed by atoms with van der Waals surface area (Å²) in [5.41, 5.74) is 2.61. The second kappa shape index (κ2) is 5.32. The normalized spacial score (nSPS) is 10.6. The molecular formula is C17H15NO3. The molecule has 1 N–H and O–H groups in total. The van der Waals surface area contributed by atoms with Gasteiger partial charge < -0.3 is 14.3 Å². The van der Waals surface area contributed by atoms with E-state index in [1.54, 1.807) is 19.2 Å². The van der Waals surface area contributed by atoms with Crippen molar-refractivity contribution < 1.29 is 14.3 Å². The van der Waals surface area contributed by atoms with Crippen LogP contribution in [0.3, 0.4) is 0 Å². The van der Waals surface area contributed by atoms with Gasteiger partial charge in [-0.25, -0.2) is 4.98 Å². The van der Waals surface area contributed by atoms with Gasteiger partial charge in [-0.15, -0.1) is 0 Å². The molecule has 106 valence electrons. The molecule has 0 radical (unpaired) electrons. The molecule has 0 bridgehead atoms. The second-order valence-corrected chi connectivity index (χ2v) is 4.69. The fourth-order valence-corrected chi connectivity index (χ4v) is 2.18. The van der Waals surface area contributed by atoms with Crippen molar-refractivity contribution in [1.29, 1.82) is 0 Å². The van der Waals surface area contributed by atoms with Gasteiger partial charge in [0.15, 0.2) is 11.7 Å². The zero-order valence-electron chi connectivity index (χ0n) is 11.8. The molecular weight excluding hydrogens is 266 g/mol. The van der Waals surface area contributed by atoms with Gasteiger partial charge in [-0.2, -0.15) is 0 Å². The van der Waals surface area contributed by atoms with Gasteiger partial charge in [0.1, 0.15) is 17.2 Å². The zero-order chi connectivity index (χ0) is 14.8. The molecule has 1 aromatic heterocycles. The highest BCUT2D eigenvalue weighted by Crippen LogP contribution is 2.33. The number of methoxy groups -OCH3 is 1. The van der Waals surface area contributed by atoms with Gasteiger partial charge in [-0.3, -0.25) is 0 Å². The molecule has 0 aliphatic heterocycles. The second-order valence-electron chi connectivity index (χ2n) is 4.69. The number of nitrogens with zero attached hydrogens (tertiary/aromatic N) is 1. The molecule has 0 aliphatic rings. The third-order valence-corrected chi connectivity index (χ3v) is 3.23. The first-order chi connectivity index (χ1) is 10.2. The van der Waals surface area contributed by atoms with Crippen LogP contribution in [0.25, 0.3) is 22.6 Å². The lowest BCUT2D eigenvalue weighted by Crippen LogP contribution is -1.85. The number of benzene rings is 2. The number of ether oxygens (including phenoxy) is 1. The van der Waals surface area contributed by atoms with Crippen LogP contribution in [-0.4, -0.2) is 17.2 Å². The minimum Gasteiger partial charge on any atom is -0.508 e. The van der Waals surface area contributed by atoms with Crippen LogP contribution in [0.15, 0.2) is 52.9 Å². The Morgan fingerprint density at radius 1 is 0.952 bits per heavy atom. The van der Waals surface area contributed by atoms with Crippen molar-refractivity contribution in [2.24, 2.45) is 0 Å². The summed E-state index contributed by atoms with van der Waals surface area (Å²) in [6.07, 6.45) is 0. The van der Waals surface area contributed by atoms with Gasteiger partial charge >= 0.3 is 0 Å². The lowest BCUT2D eigenvalue weighted by molar-refractivity contribution is 0.415. The highest BCUT2D eigenvalue weighted by atomic mass is 16.5. The summed E-state index contributed by atoms with van der Waals surface area (Å²) in [5, 5.41) is 9.39. The van der Waals surface area contributed by atoms with E-state index in [2.05, 4.69) is 4.98 Å². The molecule has 4 heteroatoms. The van der Waals surface area contributed by atoms with Gasteiger partial charge in [0.05, 0.1) is 7.11 Å². The Morgan fingerprint density at radius 3 is 2.19 bits per heavy atom. The molecule has 3 rings (SSSR count). The predicted octanol–water partition coefficient (Wildman–Crippen LogP) is 4.03. The van der Waals surface area contributed by atoms with Gasteiger partial charge in [0.25, 0.3) is 0 Å². The van der Waals surface area contributed by atoms with E-state index in [-0.39, 0.29) is 5.75 Å². The lowest BCUT2D eigenvalue weighted by Gasteiger charge is -2.03. The van der Waals surface area contributed by atoms with Gasteiger partial charge in [-0.1, -0.05) is 0 Å². The molecule has 2 aromatic carbocycles. The largest absolute Gasteiger partial charge is 0.508 e. The van der Waals surface area contributed by atoms with Crippen molar-refractivity contribution in [1.82, 2.24) is 4.98 Å². The Labute approximate surface area is 122 Å². The predicted molar refractivity (Wildman–Crippen MR) is 80.3 cm³/mol. The monoisotopic (exact) mass is 281 g/mol. The third kappa shape index (κ3) is 2.60. The van der Waals surface area contributed by atoms with E-state index in [1.165, 1.54) is 0 Å². The highest BCUT2D eigenvalue weighted by molar-refractivity contribution is 5.77. The van der Waals surface area contributed by atoms with Crippen LogP contribution in [-0.2, 0) is 0 Å². The fourth-order valence-electron chi connectivity index (χ4n) is 2.18. The van der Waals surface area contributed by atoms with Crippen LogP contribution in [0.5, 0.6) is 11.5 Å². The average molecular weight is 281 g/mol. The van der Waals surface area contributed by atoms with Crippen molar-refractivity contribution in [3.05, 3.63) is 54.4 Å². The van der Waals surface area contributed by atoms with Crippen molar-refractivity contribution in [2.75, 3.05) is 7.11 Å². The van der Waals surface area contributed by atoms with Crippen LogP contribution in [0.2, 0.25) is 0 Å². The molecule has 3 aromatic rings. The summed E-state index contributed by atoms with van der Waals surface area (Å²) in [6, 6.07) is 14.5. The number of aromatic hydroxyl groups is 1. The molecule has 21 heavy (non-hydrogen) atoms. The molecule has 0 amide bonds. The summed E-state index contributed by atoms with van der Waals surface area (Å²) in [5.74, 6) is 2.31. The lowest BCUT2D eigenvalue weighted by atomic mass is 10.1. The first-order valence-corrected chi connectivity index (χ1v) is 6.58. The number of phenols is 1. The Morgan fingerprint density at radius 2 is 1.57 bits per heavy atom. The summed E-state index contributed by atoms with van der Waals surface area (Å²) < 4.78 is 10.9. The first-order valence-electron chi connectivity index (χ1n) is 6.58. The standard InChI is InChI=1S/C17H15NO3/c1-11-18-16(12-5-9-15(20-2)10-6-12)17(21-11)13-3-7-14(19)8-4-13/h3-10,19H,1-2H3. The maximum absolute atomic E-state index is 9.39.